The highest BCUT2D eigenvalue weighted by Crippen LogP contribution is 2.19. The van der Waals surface area contributed by atoms with Crippen molar-refractivity contribution >= 4 is 29.4 Å². The van der Waals surface area contributed by atoms with Crippen LogP contribution < -0.4 is 10.6 Å². The van der Waals surface area contributed by atoms with Crippen LogP contribution in [-0.2, 0) is 6.42 Å². The predicted octanol–water partition coefficient (Wildman–Crippen LogP) is 3.97. The van der Waals surface area contributed by atoms with Crippen LogP contribution in [0.5, 0.6) is 0 Å². The summed E-state index contributed by atoms with van der Waals surface area (Å²) in [5.74, 6) is 1.61. The van der Waals surface area contributed by atoms with Gasteiger partial charge in [0.05, 0.1) is 5.69 Å². The highest BCUT2D eigenvalue weighted by Gasteiger charge is 2.14. The molecule has 0 bridgehead atoms. The molecule has 0 aliphatic rings. The summed E-state index contributed by atoms with van der Waals surface area (Å²) in [7, 11) is 0. The summed E-state index contributed by atoms with van der Waals surface area (Å²) < 4.78 is 5.14. The predicted molar refractivity (Wildman–Crippen MR) is 97.9 cm³/mol. The molecule has 2 rings (SSSR count). The van der Waals surface area contributed by atoms with E-state index in [0.29, 0.717) is 13.0 Å². The number of nitrogens with one attached hydrogen (secondary N) is 2. The molecular weight excluding hydrogens is 346 g/mol. The molecule has 0 aliphatic heterocycles. The molecule has 0 fully saturated rings. The lowest BCUT2D eigenvalue weighted by molar-refractivity contribution is 0.238. The van der Waals surface area contributed by atoms with Crippen molar-refractivity contribution in [1.82, 2.24) is 15.8 Å². The van der Waals surface area contributed by atoms with Crippen molar-refractivity contribution in [2.45, 2.75) is 38.1 Å². The number of urea groups is 1. The van der Waals surface area contributed by atoms with Crippen molar-refractivity contribution in [3.05, 3.63) is 46.3 Å². The maximum atomic E-state index is 11.9. The van der Waals surface area contributed by atoms with Gasteiger partial charge < -0.3 is 15.2 Å². The van der Waals surface area contributed by atoms with Crippen LogP contribution in [0.15, 0.2) is 33.7 Å². The fourth-order valence-electron chi connectivity index (χ4n) is 2.29. The summed E-state index contributed by atoms with van der Waals surface area (Å²) in [6.45, 7) is 6.35. The largest absolute Gasteiger partial charge is 0.361 e. The molecule has 0 spiro atoms. The summed E-state index contributed by atoms with van der Waals surface area (Å²) in [4.78, 5) is 13.1. The van der Waals surface area contributed by atoms with Crippen LogP contribution in [0.1, 0.15) is 23.9 Å². The second-order valence-corrected chi connectivity index (χ2v) is 7.22. The van der Waals surface area contributed by atoms with Gasteiger partial charge >= 0.3 is 6.03 Å². The lowest BCUT2D eigenvalue weighted by Crippen LogP contribution is -2.42. The van der Waals surface area contributed by atoms with Crippen LogP contribution in [-0.4, -0.2) is 29.5 Å². The Bertz CT molecular complexity index is 653. The number of hydrogen-bond acceptors (Lipinski definition) is 4. The number of nitrogens with zero attached hydrogens (tertiary/aromatic N) is 1. The van der Waals surface area contributed by atoms with E-state index in [2.05, 4.69) is 15.8 Å². The maximum Gasteiger partial charge on any atom is 0.315 e. The zero-order chi connectivity index (χ0) is 17.5. The first kappa shape index (κ1) is 18.7. The number of halogens is 1. The molecule has 0 aliphatic carbocycles. The van der Waals surface area contributed by atoms with Crippen molar-refractivity contribution < 1.29 is 9.32 Å². The number of hydrogen-bond donors (Lipinski definition) is 2. The minimum Gasteiger partial charge on any atom is -0.361 e. The Labute approximate surface area is 151 Å². The van der Waals surface area contributed by atoms with Gasteiger partial charge in [0, 0.05) is 33.8 Å². The molecule has 1 aromatic heterocycles. The molecule has 1 atom stereocenters. The Hall–Kier alpha value is -1.66. The fourth-order valence-corrected chi connectivity index (χ4v) is 3.18. The second kappa shape index (κ2) is 8.99. The van der Waals surface area contributed by atoms with Crippen molar-refractivity contribution in [2.75, 3.05) is 12.3 Å². The van der Waals surface area contributed by atoms with Crippen LogP contribution in [0.4, 0.5) is 4.79 Å². The van der Waals surface area contributed by atoms with Gasteiger partial charge in [0.25, 0.3) is 0 Å². The zero-order valence-electron chi connectivity index (χ0n) is 14.1. The Balaban J connectivity index is 1.66. The zero-order valence-corrected chi connectivity index (χ0v) is 15.6. The number of rotatable bonds is 7. The monoisotopic (exact) mass is 367 g/mol. The highest BCUT2D eigenvalue weighted by molar-refractivity contribution is 7.99. The quantitative estimate of drug-likeness (QED) is 0.574. The van der Waals surface area contributed by atoms with Crippen LogP contribution in [0.25, 0.3) is 0 Å². The second-order valence-electron chi connectivity index (χ2n) is 5.61. The van der Waals surface area contributed by atoms with Crippen LogP contribution in [0, 0.1) is 13.8 Å². The first-order valence-corrected chi connectivity index (χ1v) is 9.16. The number of benzene rings is 1. The molecule has 130 valence electrons. The Morgan fingerprint density at radius 3 is 2.67 bits per heavy atom. The van der Waals surface area contributed by atoms with E-state index in [0.717, 1.165) is 32.7 Å². The van der Waals surface area contributed by atoms with Crippen molar-refractivity contribution in [3.8, 4) is 0 Å². The van der Waals surface area contributed by atoms with Gasteiger partial charge in [0.2, 0.25) is 0 Å². The van der Waals surface area contributed by atoms with Gasteiger partial charge in [-0.3, -0.25) is 0 Å². The van der Waals surface area contributed by atoms with Crippen molar-refractivity contribution in [2.24, 2.45) is 0 Å². The average Bonchev–Trinajstić information content (AvgIpc) is 2.85. The molecule has 5 nitrogen and oxygen atoms in total. The minimum absolute atomic E-state index is 0.00529. The van der Waals surface area contributed by atoms with Gasteiger partial charge in [-0.2, -0.15) is 0 Å². The molecular formula is C17H22ClN3O2S. The number of aryl methyl sites for hydroxylation is 2. The molecule has 1 unspecified atom stereocenters. The third-order valence-electron chi connectivity index (χ3n) is 3.54. The summed E-state index contributed by atoms with van der Waals surface area (Å²) in [6, 6.07) is 7.51. The number of carbonyl (C=O) groups is 1. The summed E-state index contributed by atoms with van der Waals surface area (Å²) in [5.41, 5.74) is 1.93. The van der Waals surface area contributed by atoms with E-state index in [-0.39, 0.29) is 12.1 Å². The molecule has 2 amide bonds. The van der Waals surface area contributed by atoms with Gasteiger partial charge in [-0.15, -0.1) is 11.8 Å². The fraction of sp³-hybridized carbons (Fsp3) is 0.412. The SMILES string of the molecule is Cc1noc(C)c1CC(C)NC(=O)NCCSc1ccc(Cl)cc1. The number of carbonyl (C=O) groups excluding carboxylic acids is 1. The topological polar surface area (TPSA) is 67.2 Å². The Morgan fingerprint density at radius 1 is 1.33 bits per heavy atom. The van der Waals surface area contributed by atoms with Crippen LogP contribution >= 0.6 is 23.4 Å². The van der Waals surface area contributed by atoms with E-state index in [1.807, 2.05) is 45.0 Å². The molecule has 24 heavy (non-hydrogen) atoms. The number of aromatic nitrogens is 1. The van der Waals surface area contributed by atoms with Gasteiger partial charge in [0.1, 0.15) is 5.76 Å². The molecule has 1 aromatic carbocycles. The molecule has 0 saturated heterocycles. The summed E-state index contributed by atoms with van der Waals surface area (Å²) in [5, 5.41) is 10.5. The molecule has 2 N–H and O–H groups in total. The molecule has 1 heterocycles. The standard InChI is InChI=1S/C17H22ClN3O2S/c1-11(10-16-12(2)21-23-13(16)3)20-17(22)19-8-9-24-15-6-4-14(18)5-7-15/h4-7,11H,8-10H2,1-3H3,(H2,19,20,22). The number of amides is 2. The molecule has 2 aromatic rings. The Morgan fingerprint density at radius 2 is 2.04 bits per heavy atom. The van der Waals surface area contributed by atoms with Gasteiger partial charge in [-0.05, 0) is 51.5 Å². The van der Waals surface area contributed by atoms with Crippen molar-refractivity contribution in [1.29, 1.82) is 0 Å². The van der Waals surface area contributed by atoms with E-state index in [4.69, 9.17) is 16.1 Å². The minimum atomic E-state index is -0.161. The van der Waals surface area contributed by atoms with E-state index in [9.17, 15) is 4.79 Å². The van der Waals surface area contributed by atoms with Gasteiger partial charge in [-0.25, -0.2) is 4.79 Å². The molecule has 0 radical (unpaired) electrons. The third kappa shape index (κ3) is 5.76. The van der Waals surface area contributed by atoms with Gasteiger partial charge in [0.15, 0.2) is 0 Å². The molecule has 0 saturated carbocycles. The number of thioether (sulfide) groups is 1. The van der Waals surface area contributed by atoms with E-state index in [1.165, 1.54) is 0 Å². The maximum absolute atomic E-state index is 11.9. The molecule has 7 heteroatoms. The first-order chi connectivity index (χ1) is 11.5. The first-order valence-electron chi connectivity index (χ1n) is 7.80. The van der Waals surface area contributed by atoms with E-state index < -0.39 is 0 Å². The van der Waals surface area contributed by atoms with Crippen LogP contribution in [0.3, 0.4) is 0 Å². The van der Waals surface area contributed by atoms with Crippen LogP contribution in [0.2, 0.25) is 5.02 Å². The Kier molecular flexibility index (Phi) is 6.99. The van der Waals surface area contributed by atoms with Gasteiger partial charge in [-0.1, -0.05) is 16.8 Å². The van der Waals surface area contributed by atoms with E-state index >= 15 is 0 Å². The average molecular weight is 368 g/mol. The normalized spacial score (nSPS) is 12.0. The summed E-state index contributed by atoms with van der Waals surface area (Å²) in [6.07, 6.45) is 0.702. The summed E-state index contributed by atoms with van der Waals surface area (Å²) >= 11 is 7.52. The third-order valence-corrected chi connectivity index (χ3v) is 4.80. The highest BCUT2D eigenvalue weighted by atomic mass is 35.5. The smallest absolute Gasteiger partial charge is 0.315 e. The lowest BCUT2D eigenvalue weighted by Gasteiger charge is -2.14. The lowest BCUT2D eigenvalue weighted by atomic mass is 10.1. The van der Waals surface area contributed by atoms with Crippen molar-refractivity contribution in [3.63, 3.8) is 0 Å². The van der Waals surface area contributed by atoms with E-state index in [1.54, 1.807) is 11.8 Å².